The van der Waals surface area contributed by atoms with Crippen LogP contribution in [-0.2, 0) is 0 Å². The number of ether oxygens (including phenoxy) is 1. The molecule has 0 saturated carbocycles. The molecule has 0 bridgehead atoms. The van der Waals surface area contributed by atoms with Crippen molar-refractivity contribution in [3.63, 3.8) is 0 Å². The fourth-order valence-corrected chi connectivity index (χ4v) is 0.719. The maximum atomic E-state index is 12.8. The number of nitrogens with two attached hydrogens (primary N) is 1. The number of benzene rings is 1. The lowest BCUT2D eigenvalue weighted by molar-refractivity contribution is 0.365. The third-order valence-corrected chi connectivity index (χ3v) is 1.33. The van der Waals surface area contributed by atoms with E-state index in [4.69, 9.17) is 10.8 Å². The highest BCUT2D eigenvalue weighted by molar-refractivity contribution is 5.55. The Morgan fingerprint density at radius 2 is 2.18 bits per heavy atom. The van der Waals surface area contributed by atoms with Crippen LogP contribution in [0.5, 0.6) is 11.5 Å². The molecule has 4 heteroatoms. The average molecular weight is 157 g/mol. The highest BCUT2D eigenvalue weighted by Gasteiger charge is 2.09. The first-order chi connectivity index (χ1) is 5.16. The van der Waals surface area contributed by atoms with Gasteiger partial charge in [-0.05, 0) is 12.1 Å². The standard InChI is InChI=1S/C7H8FNO2/c1-11-5-3-2-4(9)7(10)6(5)8/h2-3,10H,9H2,1H3. The zero-order valence-corrected chi connectivity index (χ0v) is 5.97. The molecule has 0 fully saturated rings. The van der Waals surface area contributed by atoms with E-state index in [1.54, 1.807) is 0 Å². The van der Waals surface area contributed by atoms with Crippen molar-refractivity contribution in [1.29, 1.82) is 0 Å². The van der Waals surface area contributed by atoms with Gasteiger partial charge in [0.05, 0.1) is 12.8 Å². The Labute approximate surface area is 63.2 Å². The monoisotopic (exact) mass is 157 g/mol. The zero-order valence-electron chi connectivity index (χ0n) is 5.97. The molecule has 0 radical (unpaired) electrons. The van der Waals surface area contributed by atoms with Gasteiger partial charge >= 0.3 is 0 Å². The number of aromatic hydroxyl groups is 1. The van der Waals surface area contributed by atoms with E-state index in [0.717, 1.165) is 0 Å². The van der Waals surface area contributed by atoms with Gasteiger partial charge in [-0.1, -0.05) is 0 Å². The van der Waals surface area contributed by atoms with E-state index in [1.165, 1.54) is 19.2 Å². The lowest BCUT2D eigenvalue weighted by Gasteiger charge is -2.04. The Hall–Kier alpha value is -1.45. The summed E-state index contributed by atoms with van der Waals surface area (Å²) in [6.07, 6.45) is 0. The average Bonchev–Trinajstić information content (AvgIpc) is 2.01. The number of methoxy groups -OCH3 is 1. The third kappa shape index (κ3) is 1.19. The molecule has 3 nitrogen and oxygen atoms in total. The van der Waals surface area contributed by atoms with E-state index in [0.29, 0.717) is 0 Å². The number of halogens is 1. The van der Waals surface area contributed by atoms with Gasteiger partial charge in [-0.15, -0.1) is 0 Å². The van der Waals surface area contributed by atoms with Gasteiger partial charge in [0.1, 0.15) is 0 Å². The number of phenols is 1. The van der Waals surface area contributed by atoms with E-state index in [-0.39, 0.29) is 11.4 Å². The number of hydrogen-bond acceptors (Lipinski definition) is 3. The summed E-state index contributed by atoms with van der Waals surface area (Å²) in [4.78, 5) is 0. The Bertz CT molecular complexity index is 275. The molecule has 1 aromatic carbocycles. The Kier molecular flexibility index (Phi) is 1.85. The van der Waals surface area contributed by atoms with Crippen LogP contribution in [0.4, 0.5) is 10.1 Å². The molecular formula is C7H8FNO2. The van der Waals surface area contributed by atoms with Crippen LogP contribution in [0, 0.1) is 5.82 Å². The molecule has 0 aromatic heterocycles. The second-order valence-electron chi connectivity index (χ2n) is 2.02. The third-order valence-electron chi connectivity index (χ3n) is 1.33. The molecule has 0 amide bonds. The normalized spacial score (nSPS) is 9.64. The summed E-state index contributed by atoms with van der Waals surface area (Å²) in [5.41, 5.74) is 5.20. The van der Waals surface area contributed by atoms with Crippen LogP contribution in [0.15, 0.2) is 12.1 Å². The summed E-state index contributed by atoms with van der Waals surface area (Å²) in [6.45, 7) is 0. The van der Waals surface area contributed by atoms with Crippen LogP contribution in [0.25, 0.3) is 0 Å². The van der Waals surface area contributed by atoms with Gasteiger partial charge in [0, 0.05) is 0 Å². The van der Waals surface area contributed by atoms with Crippen LogP contribution < -0.4 is 10.5 Å². The fourth-order valence-electron chi connectivity index (χ4n) is 0.719. The van der Waals surface area contributed by atoms with E-state index in [9.17, 15) is 4.39 Å². The largest absolute Gasteiger partial charge is 0.503 e. The SMILES string of the molecule is COc1ccc(N)c(O)c1F. The highest BCUT2D eigenvalue weighted by Crippen LogP contribution is 2.30. The Morgan fingerprint density at radius 1 is 1.55 bits per heavy atom. The van der Waals surface area contributed by atoms with Crippen molar-refractivity contribution in [2.24, 2.45) is 0 Å². The van der Waals surface area contributed by atoms with Crippen molar-refractivity contribution in [2.45, 2.75) is 0 Å². The summed E-state index contributed by atoms with van der Waals surface area (Å²) in [7, 11) is 1.31. The number of anilines is 1. The topological polar surface area (TPSA) is 55.5 Å². The van der Waals surface area contributed by atoms with Crippen molar-refractivity contribution in [3.8, 4) is 11.5 Å². The maximum Gasteiger partial charge on any atom is 0.208 e. The number of phenolic OH excluding ortho intramolecular Hbond substituents is 1. The van der Waals surface area contributed by atoms with Gasteiger partial charge in [0.2, 0.25) is 5.82 Å². The van der Waals surface area contributed by atoms with Gasteiger partial charge in [0.25, 0.3) is 0 Å². The van der Waals surface area contributed by atoms with Crippen LogP contribution in [0.3, 0.4) is 0 Å². The highest BCUT2D eigenvalue weighted by atomic mass is 19.1. The van der Waals surface area contributed by atoms with Gasteiger partial charge < -0.3 is 15.6 Å². The van der Waals surface area contributed by atoms with Gasteiger partial charge in [-0.3, -0.25) is 0 Å². The first-order valence-electron chi connectivity index (χ1n) is 2.97. The molecule has 0 saturated heterocycles. The van der Waals surface area contributed by atoms with Crippen molar-refractivity contribution in [1.82, 2.24) is 0 Å². The number of nitrogen functional groups attached to an aromatic ring is 1. The quantitative estimate of drug-likeness (QED) is 0.474. The predicted molar refractivity (Wildman–Crippen MR) is 39.0 cm³/mol. The number of rotatable bonds is 1. The predicted octanol–water partition coefficient (Wildman–Crippen LogP) is 1.12. The van der Waals surface area contributed by atoms with E-state index in [2.05, 4.69) is 4.74 Å². The summed E-state index contributed by atoms with van der Waals surface area (Å²) in [5, 5.41) is 8.94. The minimum atomic E-state index is -0.826. The van der Waals surface area contributed by atoms with Gasteiger partial charge in [-0.25, -0.2) is 0 Å². The lowest BCUT2D eigenvalue weighted by Crippen LogP contribution is -1.92. The number of hydrogen-bond donors (Lipinski definition) is 2. The second kappa shape index (κ2) is 2.65. The zero-order chi connectivity index (χ0) is 8.43. The second-order valence-corrected chi connectivity index (χ2v) is 2.02. The summed E-state index contributed by atoms with van der Waals surface area (Å²) in [5.74, 6) is -1.41. The molecule has 0 atom stereocenters. The molecular weight excluding hydrogens is 149 g/mol. The molecule has 60 valence electrons. The van der Waals surface area contributed by atoms with Crippen LogP contribution in [0.2, 0.25) is 0 Å². The molecule has 1 rings (SSSR count). The molecule has 0 unspecified atom stereocenters. The van der Waals surface area contributed by atoms with Crippen molar-refractivity contribution in [3.05, 3.63) is 17.9 Å². The van der Waals surface area contributed by atoms with E-state index >= 15 is 0 Å². The van der Waals surface area contributed by atoms with Crippen molar-refractivity contribution < 1.29 is 14.2 Å². The minimum Gasteiger partial charge on any atom is -0.503 e. The first-order valence-corrected chi connectivity index (χ1v) is 2.97. The first kappa shape index (κ1) is 7.65. The van der Waals surface area contributed by atoms with Crippen LogP contribution >= 0.6 is 0 Å². The summed E-state index contributed by atoms with van der Waals surface area (Å²) >= 11 is 0. The molecule has 0 aliphatic heterocycles. The summed E-state index contributed by atoms with van der Waals surface area (Å²) < 4.78 is 17.4. The van der Waals surface area contributed by atoms with Crippen LogP contribution in [0.1, 0.15) is 0 Å². The van der Waals surface area contributed by atoms with E-state index in [1.807, 2.05) is 0 Å². The van der Waals surface area contributed by atoms with Crippen molar-refractivity contribution >= 4 is 5.69 Å². The Balaban J connectivity index is 3.25. The molecule has 11 heavy (non-hydrogen) atoms. The molecule has 0 spiro atoms. The van der Waals surface area contributed by atoms with Crippen LogP contribution in [-0.4, -0.2) is 12.2 Å². The molecule has 0 aliphatic carbocycles. The van der Waals surface area contributed by atoms with Gasteiger partial charge in [0.15, 0.2) is 11.5 Å². The Morgan fingerprint density at radius 3 is 2.73 bits per heavy atom. The maximum absolute atomic E-state index is 12.8. The van der Waals surface area contributed by atoms with Crippen molar-refractivity contribution in [2.75, 3.05) is 12.8 Å². The fraction of sp³-hybridized carbons (Fsp3) is 0.143. The molecule has 1 aromatic rings. The molecule has 0 heterocycles. The molecule has 3 N–H and O–H groups in total. The summed E-state index contributed by atoms with van der Waals surface area (Å²) in [6, 6.07) is 2.72. The minimum absolute atomic E-state index is 0.00306. The molecule has 0 aliphatic rings. The lowest BCUT2D eigenvalue weighted by atomic mass is 10.2. The van der Waals surface area contributed by atoms with E-state index < -0.39 is 11.6 Å². The smallest absolute Gasteiger partial charge is 0.208 e. The van der Waals surface area contributed by atoms with Gasteiger partial charge in [-0.2, -0.15) is 4.39 Å².